The smallest absolute Gasteiger partial charge is 0.248 e. The third kappa shape index (κ3) is 24.1. The largest absolute Gasteiger partial charge is 0.582 e. The molecule has 0 aromatic heterocycles. The van der Waals surface area contributed by atoms with E-state index in [0.717, 1.165) is 23.6 Å². The Morgan fingerprint density at radius 3 is 2.40 bits per heavy atom. The Labute approximate surface area is 70.3 Å². The lowest BCUT2D eigenvalue weighted by molar-refractivity contribution is 0.519. The third-order valence-electron chi connectivity index (χ3n) is 0.406. The lowest BCUT2D eigenvalue weighted by atomic mass is 10.6. The maximum Gasteiger partial charge on any atom is 0.582 e. The standard InChI is InChI=1S/C3H7O2PS.CHNS/c1-2-3-7-6(4)5;2-1-3/h2-3H2,1H3;2H/p+1. The lowest BCUT2D eigenvalue weighted by Crippen LogP contribution is -1.64. The first-order chi connectivity index (χ1) is 4.68. The van der Waals surface area contributed by atoms with Crippen molar-refractivity contribution in [2.24, 2.45) is 0 Å². The molecule has 10 heavy (non-hydrogen) atoms. The first-order valence-electron chi connectivity index (χ1n) is 2.52. The van der Waals surface area contributed by atoms with Gasteiger partial charge in [0.05, 0.1) is 5.16 Å². The second-order valence-electron chi connectivity index (χ2n) is 1.17. The maximum absolute atomic E-state index is 9.87. The summed E-state index contributed by atoms with van der Waals surface area (Å²) in [7, 11) is -1.94. The summed E-state index contributed by atoms with van der Waals surface area (Å²) in [6.07, 6.45) is 0.965. The highest BCUT2D eigenvalue weighted by molar-refractivity contribution is 8.50. The van der Waals surface area contributed by atoms with Crippen molar-refractivity contribution in [3.8, 4) is 0 Å². The molecule has 1 unspecified atom stereocenters. The molecule has 0 aliphatic rings. The highest BCUT2D eigenvalue weighted by atomic mass is 32.7. The predicted octanol–water partition coefficient (Wildman–Crippen LogP) is 2.45. The Bertz CT molecular complexity index is 124. The lowest BCUT2D eigenvalue weighted by Gasteiger charge is -1.73. The molecule has 0 heterocycles. The molecule has 0 aliphatic heterocycles. The second-order valence-corrected chi connectivity index (χ2v) is 4.23. The zero-order valence-corrected chi connectivity index (χ0v) is 8.06. The van der Waals surface area contributed by atoms with E-state index in [4.69, 9.17) is 10.3 Å². The quantitative estimate of drug-likeness (QED) is 0.415. The first-order valence-corrected chi connectivity index (χ1v) is 5.73. The SMILES string of the molecule is CCCS[P+](=O)O.N=C=S. The number of nitrogens with one attached hydrogen (secondary N) is 1. The molecule has 0 saturated heterocycles. The Hall–Kier alpha value is 0.210. The highest BCUT2D eigenvalue weighted by Crippen LogP contribution is 2.32. The van der Waals surface area contributed by atoms with Crippen LogP contribution in [0.1, 0.15) is 13.3 Å². The van der Waals surface area contributed by atoms with Gasteiger partial charge in [0.2, 0.25) is 0 Å². The van der Waals surface area contributed by atoms with Gasteiger partial charge in [-0.1, -0.05) is 6.92 Å². The van der Waals surface area contributed by atoms with Crippen molar-refractivity contribution >= 4 is 36.0 Å². The van der Waals surface area contributed by atoms with Crippen LogP contribution < -0.4 is 0 Å². The van der Waals surface area contributed by atoms with Gasteiger partial charge in [0.15, 0.2) is 11.4 Å². The van der Waals surface area contributed by atoms with Crippen molar-refractivity contribution in [1.29, 1.82) is 5.41 Å². The van der Waals surface area contributed by atoms with Crippen LogP contribution in [0.25, 0.3) is 0 Å². The fourth-order valence-corrected chi connectivity index (χ4v) is 1.52. The summed E-state index contributed by atoms with van der Waals surface area (Å²) in [6, 6.07) is 0. The van der Waals surface area contributed by atoms with Crippen LogP contribution in [0.15, 0.2) is 0 Å². The summed E-state index contributed by atoms with van der Waals surface area (Å²) >= 11 is 4.91. The monoisotopic (exact) mass is 198 g/mol. The number of hydrogen-bond donors (Lipinski definition) is 2. The molecule has 6 heteroatoms. The number of rotatable bonds is 3. The van der Waals surface area contributed by atoms with E-state index in [1.54, 1.807) is 5.16 Å². The van der Waals surface area contributed by atoms with Crippen LogP contribution in [0.3, 0.4) is 0 Å². The van der Waals surface area contributed by atoms with Crippen molar-refractivity contribution in [1.82, 2.24) is 0 Å². The summed E-state index contributed by atoms with van der Waals surface area (Å²) in [5, 5.41) is 7.36. The number of hydrogen-bond acceptors (Lipinski definition) is 4. The van der Waals surface area contributed by atoms with Gasteiger partial charge in [0.1, 0.15) is 0 Å². The topological polar surface area (TPSA) is 61.1 Å². The first kappa shape index (κ1) is 12.8. The van der Waals surface area contributed by atoms with Gasteiger partial charge in [-0.2, -0.15) is 4.89 Å². The van der Waals surface area contributed by atoms with Crippen LogP contribution in [0, 0.1) is 5.41 Å². The normalized spacial score (nSPS) is 8.80. The van der Waals surface area contributed by atoms with Crippen LogP contribution in [0.5, 0.6) is 0 Å². The minimum atomic E-state index is -1.94. The molecule has 0 aromatic rings. The van der Waals surface area contributed by atoms with Gasteiger partial charge in [-0.25, -0.2) is 5.41 Å². The molecule has 0 aromatic carbocycles. The Morgan fingerprint density at radius 2 is 2.30 bits per heavy atom. The molecule has 0 saturated carbocycles. The average Bonchev–Trinajstić information content (AvgIpc) is 1.85. The summed E-state index contributed by atoms with van der Waals surface area (Å²) in [4.78, 5) is 8.16. The van der Waals surface area contributed by atoms with E-state index >= 15 is 0 Å². The summed E-state index contributed by atoms with van der Waals surface area (Å²) in [5.74, 6) is 0.783. The minimum Gasteiger partial charge on any atom is -0.248 e. The maximum atomic E-state index is 9.87. The van der Waals surface area contributed by atoms with Crippen LogP contribution in [-0.2, 0) is 4.57 Å². The summed E-state index contributed by atoms with van der Waals surface area (Å²) in [5.41, 5.74) is 0. The zero-order valence-electron chi connectivity index (χ0n) is 5.53. The number of isothiocyanates is 1. The van der Waals surface area contributed by atoms with Gasteiger partial charge in [0, 0.05) is 5.75 Å². The van der Waals surface area contributed by atoms with Gasteiger partial charge in [-0.05, 0) is 23.2 Å². The van der Waals surface area contributed by atoms with Crippen LogP contribution in [0.2, 0.25) is 0 Å². The van der Waals surface area contributed by atoms with E-state index in [9.17, 15) is 4.57 Å². The average molecular weight is 198 g/mol. The number of thiocarbonyl (C=S) groups is 1. The van der Waals surface area contributed by atoms with Crippen LogP contribution in [0.4, 0.5) is 0 Å². The molecule has 3 nitrogen and oxygen atoms in total. The van der Waals surface area contributed by atoms with Gasteiger partial charge < -0.3 is 0 Å². The van der Waals surface area contributed by atoms with E-state index in [1.165, 1.54) is 0 Å². The molecule has 2 N–H and O–H groups in total. The highest BCUT2D eigenvalue weighted by Gasteiger charge is 2.09. The molecule has 0 aliphatic carbocycles. The van der Waals surface area contributed by atoms with Crippen LogP contribution >= 0.6 is 30.8 Å². The van der Waals surface area contributed by atoms with E-state index in [2.05, 4.69) is 12.2 Å². The fraction of sp³-hybridized carbons (Fsp3) is 0.750. The van der Waals surface area contributed by atoms with E-state index in [0.29, 0.717) is 0 Å². The second kappa shape index (κ2) is 11.9. The van der Waals surface area contributed by atoms with Crippen molar-refractivity contribution in [2.75, 3.05) is 5.75 Å². The molecule has 0 spiro atoms. The van der Waals surface area contributed by atoms with E-state index in [1.807, 2.05) is 6.92 Å². The van der Waals surface area contributed by atoms with E-state index < -0.39 is 7.23 Å². The zero-order chi connectivity index (χ0) is 8.41. The molecular weight excluding hydrogens is 189 g/mol. The summed E-state index contributed by atoms with van der Waals surface area (Å²) < 4.78 is 9.87. The van der Waals surface area contributed by atoms with E-state index in [-0.39, 0.29) is 0 Å². The van der Waals surface area contributed by atoms with Crippen molar-refractivity contribution in [3.05, 3.63) is 0 Å². The van der Waals surface area contributed by atoms with Gasteiger partial charge >= 0.3 is 7.23 Å². The molecule has 0 amide bonds. The van der Waals surface area contributed by atoms with Gasteiger partial charge in [-0.15, -0.1) is 0 Å². The molecule has 0 rings (SSSR count). The fourth-order valence-electron chi connectivity index (χ4n) is 0.169. The Balaban J connectivity index is 0. The van der Waals surface area contributed by atoms with Crippen LogP contribution in [-0.4, -0.2) is 15.8 Å². The Kier molecular flexibility index (Phi) is 15.3. The van der Waals surface area contributed by atoms with Gasteiger partial charge in [0.25, 0.3) is 0 Å². The van der Waals surface area contributed by atoms with Crippen molar-refractivity contribution in [3.63, 3.8) is 0 Å². The predicted molar refractivity (Wildman–Crippen MR) is 47.9 cm³/mol. The molecular formula is C4H9NO2PS2+. The summed E-state index contributed by atoms with van der Waals surface area (Å²) in [6.45, 7) is 1.98. The minimum absolute atomic E-state index is 0.783. The molecule has 0 fully saturated rings. The molecule has 58 valence electrons. The van der Waals surface area contributed by atoms with Gasteiger partial charge in [-0.3, -0.25) is 0 Å². The molecule has 0 radical (unpaired) electrons. The molecule has 1 atom stereocenters. The van der Waals surface area contributed by atoms with Crippen molar-refractivity contribution in [2.45, 2.75) is 13.3 Å². The third-order valence-corrected chi connectivity index (χ3v) is 2.43. The van der Waals surface area contributed by atoms with Crippen molar-refractivity contribution < 1.29 is 9.46 Å². The molecule has 0 bridgehead atoms. The Morgan fingerprint density at radius 1 is 1.90 bits per heavy atom.